The molecule has 4 nitrogen and oxygen atoms in total. The van der Waals surface area contributed by atoms with Crippen molar-refractivity contribution in [3.63, 3.8) is 0 Å². The lowest BCUT2D eigenvalue weighted by atomic mass is 9.57. The Morgan fingerprint density at radius 1 is 0.968 bits per heavy atom. The van der Waals surface area contributed by atoms with E-state index in [4.69, 9.17) is 4.57 Å². The lowest BCUT2D eigenvalue weighted by Crippen LogP contribution is -2.49. The quantitative estimate of drug-likeness (QED) is 0.214. The van der Waals surface area contributed by atoms with Gasteiger partial charge in [0.25, 0.3) is 0 Å². The minimum absolute atomic E-state index is 0.0703. The van der Waals surface area contributed by atoms with Gasteiger partial charge in [0.15, 0.2) is 5.78 Å². The molecule has 1 N–H and O–H groups in total. The molecular formula is C26H41O4P. The molecule has 1 aliphatic carbocycles. The zero-order valence-electron chi connectivity index (χ0n) is 20.1. The molecule has 2 rings (SSSR count). The molecule has 174 valence electrons. The van der Waals surface area contributed by atoms with Crippen LogP contribution >= 0.6 is 9.12 Å². The van der Waals surface area contributed by atoms with Crippen molar-refractivity contribution in [2.45, 2.75) is 105 Å². The van der Waals surface area contributed by atoms with Gasteiger partial charge in [-0.25, -0.2) is 0 Å². The zero-order valence-corrected chi connectivity index (χ0v) is 21.1. The molecule has 0 aromatic heterocycles. The van der Waals surface area contributed by atoms with Crippen molar-refractivity contribution >= 4 is 20.9 Å². The Morgan fingerprint density at radius 2 is 1.45 bits per heavy atom. The minimum Gasteiger partial charge on any atom is -0.481 e. The first-order valence-corrected chi connectivity index (χ1v) is 12.2. The monoisotopic (exact) mass is 448 g/mol. The third-order valence-corrected chi connectivity index (χ3v) is 7.35. The molecule has 0 heterocycles. The Bertz CT molecular complexity index is 729. The Labute approximate surface area is 190 Å². The van der Waals surface area contributed by atoms with Crippen molar-refractivity contribution in [3.05, 3.63) is 34.4 Å². The van der Waals surface area contributed by atoms with E-state index in [0.717, 1.165) is 54.4 Å². The fourth-order valence-corrected chi connectivity index (χ4v) is 5.60. The molecule has 31 heavy (non-hydrogen) atoms. The summed E-state index contributed by atoms with van der Waals surface area (Å²) in [6.07, 6.45) is 10.6. The average molecular weight is 449 g/mol. The fraction of sp³-hybridized carbons (Fsp3) is 0.692. The number of hydrogen-bond donors (Lipinski definition) is 1. The largest absolute Gasteiger partial charge is 0.481 e. The molecule has 0 aliphatic heterocycles. The summed E-state index contributed by atoms with van der Waals surface area (Å²) in [6, 6.07) is 4.10. The van der Waals surface area contributed by atoms with E-state index < -0.39 is 16.8 Å². The van der Waals surface area contributed by atoms with Crippen LogP contribution in [-0.4, -0.2) is 16.9 Å². The van der Waals surface area contributed by atoms with E-state index in [1.54, 1.807) is 9.12 Å². The molecule has 0 saturated heterocycles. The highest BCUT2D eigenvalue weighted by molar-refractivity contribution is 7.00. The topological polar surface area (TPSA) is 71.4 Å². The first-order chi connectivity index (χ1) is 14.7. The molecule has 0 radical (unpaired) electrons. The maximum Gasteiger partial charge on any atom is 0.310 e. The summed E-state index contributed by atoms with van der Waals surface area (Å²) in [5, 5.41) is 10.3. The number of carbonyl (C=O) groups is 2. The van der Waals surface area contributed by atoms with Gasteiger partial charge in [-0.1, -0.05) is 76.0 Å². The summed E-state index contributed by atoms with van der Waals surface area (Å²) in [7, 11) is 1.72. The number of rotatable bonds is 11. The first-order valence-electron chi connectivity index (χ1n) is 11.8. The number of carboxylic acids is 1. The number of unbranched alkanes of at least 4 members (excludes halogenated alkanes) is 5. The minimum atomic E-state index is -1.00. The summed E-state index contributed by atoms with van der Waals surface area (Å²) in [4.78, 5) is 26.6. The number of aryl methyl sites for hydroxylation is 3. The van der Waals surface area contributed by atoms with Crippen LogP contribution in [0.15, 0.2) is 12.1 Å². The highest BCUT2D eigenvalue weighted by Crippen LogP contribution is 2.56. The molecular weight excluding hydrogens is 407 g/mol. The van der Waals surface area contributed by atoms with Gasteiger partial charge in [0, 0.05) is 11.0 Å². The highest BCUT2D eigenvalue weighted by Gasteiger charge is 2.58. The molecule has 1 aromatic rings. The molecule has 1 aromatic carbocycles. The Morgan fingerprint density at radius 3 is 1.94 bits per heavy atom. The normalized spacial score (nSPS) is 16.8. The molecule has 1 atom stereocenters. The molecule has 0 spiro atoms. The smallest absolute Gasteiger partial charge is 0.310 e. The van der Waals surface area contributed by atoms with Crippen LogP contribution in [0.5, 0.6) is 0 Å². The number of aliphatic carboxylic acids is 1. The second-order valence-corrected chi connectivity index (χ2v) is 9.55. The van der Waals surface area contributed by atoms with Crippen molar-refractivity contribution in [1.82, 2.24) is 0 Å². The van der Waals surface area contributed by atoms with E-state index in [-0.39, 0.29) is 5.78 Å². The van der Waals surface area contributed by atoms with Crippen molar-refractivity contribution < 1.29 is 19.3 Å². The van der Waals surface area contributed by atoms with Crippen LogP contribution in [0, 0.1) is 31.6 Å². The number of ketones is 1. The summed E-state index contributed by atoms with van der Waals surface area (Å²) in [6.45, 7) is 10.1. The highest BCUT2D eigenvalue weighted by atomic mass is 31.0. The standard InChI is InChI=1S/C26H40O3.HOP/c1-6-7-8-9-10-11-14-25(5,24(28)29)26(15-12-13-16-26)23(27)22-20(3)17-19(2)18-21(22)4;1-2/h17-18H,6-16H2,1-5H3,(H,28,29);2H. The van der Waals surface area contributed by atoms with Crippen molar-refractivity contribution in [3.8, 4) is 0 Å². The van der Waals surface area contributed by atoms with Gasteiger partial charge in [-0.3, -0.25) is 14.2 Å². The van der Waals surface area contributed by atoms with Gasteiger partial charge in [0.05, 0.1) is 5.41 Å². The predicted octanol–water partition coefficient (Wildman–Crippen LogP) is 7.67. The lowest BCUT2D eigenvalue weighted by molar-refractivity contribution is -0.155. The summed E-state index contributed by atoms with van der Waals surface area (Å²) in [5.74, 6) is -0.732. The molecule has 1 unspecified atom stereocenters. The van der Waals surface area contributed by atoms with Crippen LogP contribution in [0.4, 0.5) is 0 Å². The van der Waals surface area contributed by atoms with E-state index >= 15 is 0 Å². The van der Waals surface area contributed by atoms with Crippen molar-refractivity contribution in [1.29, 1.82) is 0 Å². The lowest BCUT2D eigenvalue weighted by Gasteiger charge is -2.43. The van der Waals surface area contributed by atoms with Crippen LogP contribution in [0.3, 0.4) is 0 Å². The van der Waals surface area contributed by atoms with Crippen molar-refractivity contribution in [2.75, 3.05) is 0 Å². The number of Topliss-reactive ketones (excluding diaryl/α,β-unsaturated/α-hetero) is 1. The summed E-state index contributed by atoms with van der Waals surface area (Å²) >= 11 is 0. The molecule has 1 fully saturated rings. The number of hydrogen-bond acceptors (Lipinski definition) is 3. The van der Waals surface area contributed by atoms with Gasteiger partial charge in [-0.2, -0.15) is 0 Å². The molecule has 0 bridgehead atoms. The third kappa shape index (κ3) is 6.04. The Kier molecular flexibility index (Phi) is 11.1. The first kappa shape index (κ1) is 27.5. The van der Waals surface area contributed by atoms with Gasteiger partial charge in [-0.05, 0) is 58.1 Å². The van der Waals surface area contributed by atoms with Gasteiger partial charge >= 0.3 is 5.97 Å². The zero-order chi connectivity index (χ0) is 23.7. The van der Waals surface area contributed by atoms with Gasteiger partial charge in [0.2, 0.25) is 0 Å². The van der Waals surface area contributed by atoms with Crippen LogP contribution in [0.1, 0.15) is 112 Å². The van der Waals surface area contributed by atoms with Crippen LogP contribution in [-0.2, 0) is 9.36 Å². The Hall–Kier alpha value is -1.54. The predicted molar refractivity (Wildman–Crippen MR) is 129 cm³/mol. The number of carboxylic acid groups (broad SMARTS) is 1. The van der Waals surface area contributed by atoms with E-state index in [1.807, 2.05) is 27.7 Å². The maximum atomic E-state index is 14.0. The third-order valence-electron chi connectivity index (χ3n) is 7.35. The van der Waals surface area contributed by atoms with E-state index in [0.29, 0.717) is 19.3 Å². The van der Waals surface area contributed by atoms with Gasteiger partial charge < -0.3 is 5.11 Å². The molecule has 0 amide bonds. The van der Waals surface area contributed by atoms with E-state index in [9.17, 15) is 14.7 Å². The van der Waals surface area contributed by atoms with Gasteiger partial charge in [-0.15, -0.1) is 0 Å². The SMILES string of the molecule is CCCCCCCCC(C)(C(=O)O)C1(C(=O)c2c(C)cc(C)cc2C)CCCC1.O=P. The second-order valence-electron chi connectivity index (χ2n) is 9.55. The van der Waals surface area contributed by atoms with Gasteiger partial charge in [0.1, 0.15) is 9.12 Å². The molecule has 1 aliphatic rings. The molecule has 5 heteroatoms. The van der Waals surface area contributed by atoms with Crippen LogP contribution in [0.2, 0.25) is 0 Å². The number of carbonyl (C=O) groups excluding carboxylic acids is 1. The van der Waals surface area contributed by atoms with Crippen molar-refractivity contribution in [2.24, 2.45) is 10.8 Å². The van der Waals surface area contributed by atoms with E-state index in [1.165, 1.54) is 19.3 Å². The van der Waals surface area contributed by atoms with E-state index in [2.05, 4.69) is 19.1 Å². The fourth-order valence-electron chi connectivity index (χ4n) is 5.60. The Balaban J connectivity index is 0.00000233. The molecule has 1 saturated carbocycles. The van der Waals surface area contributed by atoms with Crippen LogP contribution in [0.25, 0.3) is 0 Å². The summed E-state index contributed by atoms with van der Waals surface area (Å²) < 4.78 is 8.06. The summed E-state index contributed by atoms with van der Waals surface area (Å²) in [5.41, 5.74) is 2.07. The maximum absolute atomic E-state index is 14.0. The second kappa shape index (κ2) is 12.5. The average Bonchev–Trinajstić information content (AvgIpc) is 3.22. The van der Waals surface area contributed by atoms with Crippen LogP contribution < -0.4 is 0 Å². The number of benzene rings is 1.